The molecule has 1 aromatic carbocycles. The number of thiophene rings is 1. The molecule has 0 saturated carbocycles. The quantitative estimate of drug-likeness (QED) is 0.466. The molecule has 0 spiro atoms. The molecule has 2 N–H and O–H groups in total. The number of hydrogen-bond acceptors (Lipinski definition) is 10. The highest BCUT2D eigenvalue weighted by molar-refractivity contribution is 7.19. The van der Waals surface area contributed by atoms with E-state index in [2.05, 4.69) is 28.8 Å². The number of aromatic nitrogens is 2. The second-order valence-corrected chi connectivity index (χ2v) is 13.0. The summed E-state index contributed by atoms with van der Waals surface area (Å²) in [6.07, 6.45) is 2.89. The van der Waals surface area contributed by atoms with Crippen molar-refractivity contribution in [2.24, 2.45) is 0 Å². The number of amides is 1. The van der Waals surface area contributed by atoms with Gasteiger partial charge in [0.15, 0.2) is 0 Å². The van der Waals surface area contributed by atoms with E-state index in [1.807, 2.05) is 13.8 Å². The first-order chi connectivity index (χ1) is 19.7. The van der Waals surface area contributed by atoms with E-state index >= 15 is 0 Å². The van der Waals surface area contributed by atoms with Gasteiger partial charge in [0.2, 0.25) is 5.95 Å². The summed E-state index contributed by atoms with van der Waals surface area (Å²) in [5, 5.41) is 22.0. The van der Waals surface area contributed by atoms with Crippen molar-refractivity contribution >= 4 is 39.2 Å². The van der Waals surface area contributed by atoms with Crippen molar-refractivity contribution in [3.05, 3.63) is 33.7 Å². The number of rotatable bonds is 5. The van der Waals surface area contributed by atoms with E-state index in [0.29, 0.717) is 44.3 Å². The van der Waals surface area contributed by atoms with Gasteiger partial charge in [0.1, 0.15) is 22.1 Å². The molecule has 0 radical (unpaired) electrons. The fourth-order valence-electron chi connectivity index (χ4n) is 6.26. The Balaban J connectivity index is 1.35. The van der Waals surface area contributed by atoms with Crippen LogP contribution in [0, 0.1) is 0 Å². The van der Waals surface area contributed by atoms with Gasteiger partial charge in [0, 0.05) is 49.7 Å². The van der Waals surface area contributed by atoms with Crippen LogP contribution in [-0.2, 0) is 17.7 Å². The van der Waals surface area contributed by atoms with Crippen LogP contribution in [0.2, 0.25) is 0 Å². The van der Waals surface area contributed by atoms with E-state index in [1.54, 1.807) is 22.3 Å². The topological polar surface area (TPSA) is 106 Å². The van der Waals surface area contributed by atoms with E-state index in [0.717, 1.165) is 65.9 Å². The highest BCUT2D eigenvalue weighted by Gasteiger charge is 2.32. The number of carbonyl (C=O) groups excluding carboxylic acids is 1. The van der Waals surface area contributed by atoms with Crippen LogP contribution in [0.3, 0.4) is 0 Å². The molecule has 0 bridgehead atoms. The van der Waals surface area contributed by atoms with Crippen molar-refractivity contribution in [1.29, 1.82) is 0 Å². The molecule has 220 valence electrons. The van der Waals surface area contributed by atoms with Crippen LogP contribution >= 0.6 is 11.3 Å². The molecule has 0 unspecified atom stereocenters. The molecule has 2 aromatic heterocycles. The molecule has 41 heavy (non-hydrogen) atoms. The molecule has 3 aliphatic heterocycles. The van der Waals surface area contributed by atoms with Crippen LogP contribution in [0.15, 0.2) is 12.1 Å². The van der Waals surface area contributed by atoms with Gasteiger partial charge in [-0.1, -0.05) is 13.8 Å². The number of fused-ring (bicyclic) bond motifs is 3. The Morgan fingerprint density at radius 3 is 2.44 bits per heavy atom. The zero-order chi connectivity index (χ0) is 28.8. The highest BCUT2D eigenvalue weighted by Crippen LogP contribution is 2.41. The molecular formula is C30H40N6O4S. The molecular weight excluding hydrogens is 540 g/mol. The van der Waals surface area contributed by atoms with Gasteiger partial charge in [0.05, 0.1) is 30.7 Å². The van der Waals surface area contributed by atoms with E-state index in [9.17, 15) is 15.0 Å². The molecule has 1 amide bonds. The normalized spacial score (nSPS) is 18.5. The molecule has 10 nitrogen and oxygen atoms in total. The molecule has 3 aliphatic rings. The standard InChI is InChI=1S/C30H40N6O4S/c1-18(2)21-15-22(24(38)16-23(21)37)29(39)36-10-7-20-25(17-36)41-28-26(20)27(34-8-5-19(6-9-34)33(3)4)31-30(32-28)35-11-13-40-14-12-35/h15-16,18-19,37-38H,5-14,17H2,1-4H3. The van der Waals surface area contributed by atoms with Crippen molar-refractivity contribution < 1.29 is 19.7 Å². The Bertz CT molecular complexity index is 1440. The summed E-state index contributed by atoms with van der Waals surface area (Å²) in [6.45, 7) is 9.71. The number of benzene rings is 1. The van der Waals surface area contributed by atoms with Crippen LogP contribution in [0.5, 0.6) is 11.5 Å². The smallest absolute Gasteiger partial charge is 0.257 e. The first-order valence-corrected chi connectivity index (χ1v) is 15.4. The zero-order valence-electron chi connectivity index (χ0n) is 24.4. The summed E-state index contributed by atoms with van der Waals surface area (Å²) in [5.41, 5.74) is 2.12. The number of aromatic hydroxyl groups is 2. The third-order valence-electron chi connectivity index (χ3n) is 8.74. The number of nitrogens with zero attached hydrogens (tertiary/aromatic N) is 6. The van der Waals surface area contributed by atoms with Crippen LogP contribution in [0.1, 0.15) is 59.0 Å². The van der Waals surface area contributed by atoms with Crippen molar-refractivity contribution in [2.45, 2.75) is 51.6 Å². The minimum Gasteiger partial charge on any atom is -0.508 e. The number of phenols is 2. The van der Waals surface area contributed by atoms with Crippen LogP contribution < -0.4 is 9.80 Å². The summed E-state index contributed by atoms with van der Waals surface area (Å²) >= 11 is 1.65. The molecule has 0 aliphatic carbocycles. The van der Waals surface area contributed by atoms with Gasteiger partial charge in [0.25, 0.3) is 5.91 Å². The van der Waals surface area contributed by atoms with Gasteiger partial charge >= 0.3 is 0 Å². The Kier molecular flexibility index (Phi) is 7.69. The summed E-state index contributed by atoms with van der Waals surface area (Å²) in [7, 11) is 4.31. The number of morpholine rings is 1. The summed E-state index contributed by atoms with van der Waals surface area (Å²) in [5.74, 6) is 1.40. The van der Waals surface area contributed by atoms with Gasteiger partial charge < -0.3 is 34.5 Å². The number of anilines is 2. The van der Waals surface area contributed by atoms with Crippen molar-refractivity contribution in [3.8, 4) is 11.5 Å². The van der Waals surface area contributed by atoms with E-state index in [1.165, 1.54) is 11.6 Å². The van der Waals surface area contributed by atoms with Crippen molar-refractivity contribution in [2.75, 3.05) is 69.8 Å². The maximum atomic E-state index is 13.6. The second kappa shape index (κ2) is 11.3. The predicted octanol–water partition coefficient (Wildman–Crippen LogP) is 3.79. The zero-order valence-corrected chi connectivity index (χ0v) is 25.2. The van der Waals surface area contributed by atoms with Crippen LogP contribution in [0.25, 0.3) is 10.2 Å². The fourth-order valence-corrected chi connectivity index (χ4v) is 7.49. The number of carbonyl (C=O) groups is 1. The maximum Gasteiger partial charge on any atom is 0.257 e. The lowest BCUT2D eigenvalue weighted by Gasteiger charge is -2.37. The van der Waals surface area contributed by atoms with Gasteiger partial charge in [-0.3, -0.25) is 4.79 Å². The van der Waals surface area contributed by atoms with Crippen LogP contribution in [-0.4, -0.2) is 102 Å². The average molecular weight is 581 g/mol. The molecule has 2 saturated heterocycles. The van der Waals surface area contributed by atoms with E-state index < -0.39 is 0 Å². The molecule has 0 atom stereocenters. The van der Waals surface area contributed by atoms with Gasteiger partial charge in [-0.2, -0.15) is 4.98 Å². The Hall–Kier alpha value is -3.15. The summed E-state index contributed by atoms with van der Waals surface area (Å²) in [4.78, 5) is 34.7. The average Bonchev–Trinajstić information content (AvgIpc) is 3.34. The Morgan fingerprint density at radius 1 is 1.02 bits per heavy atom. The SMILES string of the molecule is CC(C)c1cc(C(=O)N2CCc3c(sc4nc(N5CCOCC5)nc(N5CCC(N(C)C)CC5)c34)C2)c(O)cc1O. The van der Waals surface area contributed by atoms with Crippen molar-refractivity contribution in [3.63, 3.8) is 0 Å². The van der Waals surface area contributed by atoms with Gasteiger partial charge in [-0.15, -0.1) is 11.3 Å². The molecule has 11 heteroatoms. The predicted molar refractivity (Wildman–Crippen MR) is 162 cm³/mol. The van der Waals surface area contributed by atoms with Gasteiger partial charge in [-0.05, 0) is 56.5 Å². The Morgan fingerprint density at radius 2 is 1.76 bits per heavy atom. The van der Waals surface area contributed by atoms with E-state index in [-0.39, 0.29) is 28.9 Å². The maximum absolute atomic E-state index is 13.6. The largest absolute Gasteiger partial charge is 0.508 e. The second-order valence-electron chi connectivity index (χ2n) is 11.9. The third-order valence-corrected chi connectivity index (χ3v) is 9.85. The number of hydrogen-bond donors (Lipinski definition) is 2. The van der Waals surface area contributed by atoms with Gasteiger partial charge in [-0.25, -0.2) is 4.98 Å². The fraction of sp³-hybridized carbons (Fsp3) is 0.567. The third kappa shape index (κ3) is 5.30. The lowest BCUT2D eigenvalue weighted by Crippen LogP contribution is -2.43. The van der Waals surface area contributed by atoms with E-state index in [4.69, 9.17) is 14.7 Å². The molecule has 3 aromatic rings. The monoisotopic (exact) mass is 580 g/mol. The molecule has 6 rings (SSSR count). The molecule has 2 fully saturated rings. The lowest BCUT2D eigenvalue weighted by molar-refractivity contribution is 0.0734. The minimum absolute atomic E-state index is 0.0104. The Labute approximate surface area is 245 Å². The first-order valence-electron chi connectivity index (χ1n) is 14.6. The number of phenolic OH excluding ortho intramolecular Hbond substituents is 2. The summed E-state index contributed by atoms with van der Waals surface area (Å²) < 4.78 is 5.58. The summed E-state index contributed by atoms with van der Waals surface area (Å²) in [6, 6.07) is 3.49. The molecule has 5 heterocycles. The number of ether oxygens (including phenoxy) is 1. The van der Waals surface area contributed by atoms with Crippen molar-refractivity contribution in [1.82, 2.24) is 19.8 Å². The minimum atomic E-state index is -0.224. The van der Waals surface area contributed by atoms with Crippen LogP contribution in [0.4, 0.5) is 11.8 Å². The lowest BCUT2D eigenvalue weighted by atomic mass is 9.97. The number of piperidine rings is 1. The highest BCUT2D eigenvalue weighted by atomic mass is 32.1. The first kappa shape index (κ1) is 28.0.